The Hall–Kier alpha value is -2.47. The molecule has 0 bridgehead atoms. The molecule has 140 valence electrons. The molecule has 3 aromatic rings. The molecule has 2 aromatic carbocycles. The Labute approximate surface area is 162 Å². The monoisotopic (exact) mass is 383 g/mol. The van der Waals surface area contributed by atoms with Crippen molar-refractivity contribution in [2.45, 2.75) is 31.3 Å². The van der Waals surface area contributed by atoms with Crippen LogP contribution in [-0.2, 0) is 12.5 Å². The second-order valence-electron chi connectivity index (χ2n) is 7.41. The fourth-order valence-electron chi connectivity index (χ4n) is 2.66. The van der Waals surface area contributed by atoms with Gasteiger partial charge in [0.15, 0.2) is 16.8 Å². The zero-order valence-corrected chi connectivity index (χ0v) is 16.7. The minimum absolute atomic E-state index is 0.0480. The molecule has 0 fully saturated rings. The summed E-state index contributed by atoms with van der Waals surface area (Å²) in [6.07, 6.45) is 0. The molecule has 0 aliphatic rings. The van der Waals surface area contributed by atoms with Crippen molar-refractivity contribution < 1.29 is 9.18 Å². The topological polar surface area (TPSA) is 47.8 Å². The molecule has 0 unspecified atom stereocenters. The number of halogens is 1. The van der Waals surface area contributed by atoms with Crippen LogP contribution in [0, 0.1) is 5.82 Å². The summed E-state index contributed by atoms with van der Waals surface area (Å²) in [5.74, 6) is 0.675. The van der Waals surface area contributed by atoms with E-state index in [0.29, 0.717) is 16.5 Å². The summed E-state index contributed by atoms with van der Waals surface area (Å²) in [4.78, 5) is 12.5. The maximum absolute atomic E-state index is 13.1. The molecule has 27 heavy (non-hydrogen) atoms. The third-order valence-electron chi connectivity index (χ3n) is 4.34. The van der Waals surface area contributed by atoms with E-state index < -0.39 is 0 Å². The lowest BCUT2D eigenvalue weighted by atomic mass is 9.86. The molecular formula is C21H22FN3OS. The van der Waals surface area contributed by atoms with E-state index in [1.807, 2.05) is 35.9 Å². The predicted molar refractivity (Wildman–Crippen MR) is 107 cm³/mol. The van der Waals surface area contributed by atoms with Crippen molar-refractivity contribution >= 4 is 17.5 Å². The van der Waals surface area contributed by atoms with Crippen molar-refractivity contribution in [2.24, 2.45) is 7.05 Å². The molecule has 0 spiro atoms. The average Bonchev–Trinajstić information content (AvgIpc) is 3.00. The van der Waals surface area contributed by atoms with Crippen LogP contribution in [0.2, 0.25) is 0 Å². The molecule has 6 heteroatoms. The summed E-state index contributed by atoms with van der Waals surface area (Å²) < 4.78 is 14.9. The van der Waals surface area contributed by atoms with Gasteiger partial charge in [-0.1, -0.05) is 56.8 Å². The molecule has 0 aliphatic carbocycles. The number of carbonyl (C=O) groups is 1. The van der Waals surface area contributed by atoms with Crippen molar-refractivity contribution in [1.29, 1.82) is 0 Å². The number of benzene rings is 2. The standard InChI is InChI=1S/C21H22FN3OS/c1-21(2,3)16-9-5-14(6-10-16)18(26)13-27-20-24-23-19(25(20)4)15-7-11-17(22)12-8-15/h5-12H,13H2,1-4H3. The molecule has 3 rings (SSSR count). The Morgan fingerprint density at radius 3 is 2.26 bits per heavy atom. The number of Topliss-reactive ketones (excluding diaryl/α,β-unsaturated/α-hetero) is 1. The first-order valence-electron chi connectivity index (χ1n) is 8.67. The second-order valence-corrected chi connectivity index (χ2v) is 8.35. The largest absolute Gasteiger partial charge is 0.305 e. The molecule has 0 radical (unpaired) electrons. The maximum atomic E-state index is 13.1. The molecule has 0 saturated heterocycles. The van der Waals surface area contributed by atoms with Crippen LogP contribution in [0.1, 0.15) is 36.7 Å². The highest BCUT2D eigenvalue weighted by atomic mass is 32.2. The minimum Gasteiger partial charge on any atom is -0.305 e. The van der Waals surface area contributed by atoms with Crippen molar-refractivity contribution in [3.63, 3.8) is 0 Å². The van der Waals surface area contributed by atoms with Gasteiger partial charge in [0.1, 0.15) is 5.82 Å². The molecule has 4 nitrogen and oxygen atoms in total. The highest BCUT2D eigenvalue weighted by molar-refractivity contribution is 7.99. The van der Waals surface area contributed by atoms with Crippen LogP contribution in [0.5, 0.6) is 0 Å². The highest BCUT2D eigenvalue weighted by Crippen LogP contribution is 2.25. The molecule has 1 aromatic heterocycles. The van der Waals surface area contributed by atoms with Crippen LogP contribution in [0.25, 0.3) is 11.4 Å². The number of rotatable bonds is 5. The lowest BCUT2D eigenvalue weighted by molar-refractivity contribution is 0.102. The molecule has 0 N–H and O–H groups in total. The van der Waals surface area contributed by atoms with E-state index in [1.165, 1.54) is 29.5 Å². The molecule has 0 aliphatic heterocycles. The van der Waals surface area contributed by atoms with Crippen molar-refractivity contribution in [2.75, 3.05) is 5.75 Å². The van der Waals surface area contributed by atoms with Crippen LogP contribution < -0.4 is 0 Å². The first kappa shape index (κ1) is 19.3. The Kier molecular flexibility index (Phi) is 5.46. The van der Waals surface area contributed by atoms with Crippen LogP contribution in [-0.4, -0.2) is 26.3 Å². The first-order valence-corrected chi connectivity index (χ1v) is 9.66. The van der Waals surface area contributed by atoms with Crippen molar-refractivity contribution in [1.82, 2.24) is 14.8 Å². The fourth-order valence-corrected chi connectivity index (χ4v) is 3.47. The third-order valence-corrected chi connectivity index (χ3v) is 5.36. The summed E-state index contributed by atoms with van der Waals surface area (Å²) in [5, 5.41) is 8.97. The van der Waals surface area contributed by atoms with Crippen LogP contribution in [0.3, 0.4) is 0 Å². The van der Waals surface area contributed by atoms with E-state index in [0.717, 1.165) is 5.56 Å². The lowest BCUT2D eigenvalue weighted by Crippen LogP contribution is -2.11. The van der Waals surface area contributed by atoms with Gasteiger partial charge in [-0.2, -0.15) is 0 Å². The Morgan fingerprint density at radius 1 is 1.04 bits per heavy atom. The van der Waals surface area contributed by atoms with Crippen molar-refractivity contribution in [3.05, 3.63) is 65.5 Å². The quantitative estimate of drug-likeness (QED) is 0.465. The number of nitrogens with zero attached hydrogens (tertiary/aromatic N) is 3. The summed E-state index contributed by atoms with van der Waals surface area (Å²) >= 11 is 1.34. The van der Waals surface area contributed by atoms with E-state index in [-0.39, 0.29) is 22.8 Å². The summed E-state index contributed by atoms with van der Waals surface area (Å²) in [7, 11) is 1.84. The van der Waals surface area contributed by atoms with E-state index in [1.54, 1.807) is 12.1 Å². The zero-order valence-electron chi connectivity index (χ0n) is 15.9. The average molecular weight is 383 g/mol. The van der Waals surface area contributed by atoms with Gasteiger partial charge in [-0.15, -0.1) is 10.2 Å². The minimum atomic E-state index is -0.293. The van der Waals surface area contributed by atoms with Gasteiger partial charge >= 0.3 is 0 Å². The van der Waals surface area contributed by atoms with Gasteiger partial charge in [0.05, 0.1) is 5.75 Å². The number of aromatic nitrogens is 3. The van der Waals surface area contributed by atoms with Gasteiger partial charge in [0, 0.05) is 18.2 Å². The number of ketones is 1. The van der Waals surface area contributed by atoms with E-state index in [4.69, 9.17) is 0 Å². The van der Waals surface area contributed by atoms with Gasteiger partial charge in [-0.25, -0.2) is 4.39 Å². The van der Waals surface area contributed by atoms with E-state index in [9.17, 15) is 9.18 Å². The lowest BCUT2D eigenvalue weighted by Gasteiger charge is -2.18. The first-order chi connectivity index (χ1) is 12.8. The molecule has 0 amide bonds. The van der Waals surface area contributed by atoms with Crippen LogP contribution in [0.4, 0.5) is 4.39 Å². The van der Waals surface area contributed by atoms with Crippen molar-refractivity contribution in [3.8, 4) is 11.4 Å². The smallest absolute Gasteiger partial charge is 0.191 e. The Bertz CT molecular complexity index is 941. The van der Waals surface area contributed by atoms with Crippen LogP contribution >= 0.6 is 11.8 Å². The highest BCUT2D eigenvalue weighted by Gasteiger charge is 2.16. The SMILES string of the molecule is Cn1c(SCC(=O)c2ccc(C(C)(C)C)cc2)nnc1-c1ccc(F)cc1. The fraction of sp³-hybridized carbons (Fsp3) is 0.286. The normalized spacial score (nSPS) is 11.6. The molecule has 1 heterocycles. The van der Waals surface area contributed by atoms with Crippen LogP contribution in [0.15, 0.2) is 53.7 Å². The summed E-state index contributed by atoms with van der Waals surface area (Å²) in [6.45, 7) is 6.44. The molecule has 0 saturated carbocycles. The van der Waals surface area contributed by atoms with Gasteiger partial charge in [0.25, 0.3) is 0 Å². The van der Waals surface area contributed by atoms with Gasteiger partial charge < -0.3 is 4.57 Å². The number of thioether (sulfide) groups is 1. The second kappa shape index (κ2) is 7.64. The summed E-state index contributed by atoms with van der Waals surface area (Å²) in [6, 6.07) is 13.9. The number of hydrogen-bond acceptors (Lipinski definition) is 4. The summed E-state index contributed by atoms with van der Waals surface area (Å²) in [5.41, 5.74) is 2.73. The molecular weight excluding hydrogens is 361 g/mol. The third kappa shape index (κ3) is 4.45. The number of carbonyl (C=O) groups excluding carboxylic acids is 1. The zero-order chi connectivity index (χ0) is 19.6. The van der Waals surface area contributed by atoms with Gasteiger partial charge in [0.2, 0.25) is 0 Å². The van der Waals surface area contributed by atoms with E-state index >= 15 is 0 Å². The predicted octanol–water partition coefficient (Wildman–Crippen LogP) is 4.89. The number of hydrogen-bond donors (Lipinski definition) is 0. The maximum Gasteiger partial charge on any atom is 0.191 e. The Balaban J connectivity index is 1.68. The molecule has 0 atom stereocenters. The Morgan fingerprint density at radius 2 is 1.67 bits per heavy atom. The van der Waals surface area contributed by atoms with E-state index in [2.05, 4.69) is 31.0 Å². The van der Waals surface area contributed by atoms with Gasteiger partial charge in [-0.3, -0.25) is 4.79 Å². The van der Waals surface area contributed by atoms with Gasteiger partial charge in [-0.05, 0) is 35.2 Å².